The van der Waals surface area contributed by atoms with Gasteiger partial charge < -0.3 is 10.1 Å². The number of hydrogen-bond donors (Lipinski definition) is 1. The minimum absolute atomic E-state index is 0.136. The van der Waals surface area contributed by atoms with E-state index in [0.29, 0.717) is 5.57 Å². The molecule has 3 heteroatoms. The van der Waals surface area contributed by atoms with Gasteiger partial charge in [0.05, 0.1) is 0 Å². The van der Waals surface area contributed by atoms with Gasteiger partial charge in [0.25, 0.3) is 0 Å². The zero-order chi connectivity index (χ0) is 10.3. The van der Waals surface area contributed by atoms with E-state index in [2.05, 4.69) is 18.8 Å². The lowest BCUT2D eigenvalue weighted by atomic mass is 10.2. The first kappa shape index (κ1) is 12.2. The Morgan fingerprint density at radius 1 is 1.62 bits per heavy atom. The normalized spacial score (nSPS) is 12.2. The second-order valence-corrected chi connectivity index (χ2v) is 3.12. The molecule has 1 N–H and O–H groups in total. The Bertz CT molecular complexity index is 178. The molecule has 0 spiro atoms. The van der Waals surface area contributed by atoms with Gasteiger partial charge in [0.15, 0.2) is 0 Å². The predicted molar refractivity (Wildman–Crippen MR) is 53.3 cm³/mol. The van der Waals surface area contributed by atoms with Crippen LogP contribution in [0.15, 0.2) is 12.2 Å². The van der Waals surface area contributed by atoms with E-state index < -0.39 is 0 Å². The van der Waals surface area contributed by atoms with Gasteiger partial charge >= 0.3 is 0 Å². The molecular weight excluding hydrogens is 166 g/mol. The highest BCUT2D eigenvalue weighted by molar-refractivity contribution is 5.92. The quantitative estimate of drug-likeness (QED) is 0.506. The summed E-state index contributed by atoms with van der Waals surface area (Å²) in [5, 5.41) is 2.74. The molecule has 0 fully saturated rings. The monoisotopic (exact) mass is 185 g/mol. The third-order valence-corrected chi connectivity index (χ3v) is 1.78. The van der Waals surface area contributed by atoms with Gasteiger partial charge in [-0.3, -0.25) is 4.79 Å². The molecule has 1 amide bonds. The van der Waals surface area contributed by atoms with Gasteiger partial charge in [0.2, 0.25) is 5.91 Å². The second kappa shape index (κ2) is 6.66. The molecule has 1 atom stereocenters. The predicted octanol–water partition coefficient (Wildman–Crippen LogP) is 1.84. The van der Waals surface area contributed by atoms with Crippen LogP contribution >= 0.6 is 0 Å². The van der Waals surface area contributed by atoms with Crippen molar-refractivity contribution in [3.05, 3.63) is 12.2 Å². The molecule has 0 saturated heterocycles. The summed E-state index contributed by atoms with van der Waals surface area (Å²) in [5.41, 5.74) is 0.513. The van der Waals surface area contributed by atoms with E-state index in [1.165, 1.54) is 0 Å². The summed E-state index contributed by atoms with van der Waals surface area (Å²) in [6.07, 6.45) is 2.83. The topological polar surface area (TPSA) is 38.3 Å². The molecule has 0 aliphatic rings. The van der Waals surface area contributed by atoms with Gasteiger partial charge in [-0.05, 0) is 19.8 Å². The molecule has 1 unspecified atom stereocenters. The standard InChI is InChI=1S/C10H19NO2/c1-5-6-7-9(13-4)11-10(12)8(2)3/h9H,2,5-7H2,1,3-4H3,(H,11,12). The van der Waals surface area contributed by atoms with E-state index in [9.17, 15) is 4.79 Å². The average Bonchev–Trinajstić information content (AvgIpc) is 2.11. The van der Waals surface area contributed by atoms with E-state index in [0.717, 1.165) is 19.3 Å². The van der Waals surface area contributed by atoms with Crippen molar-refractivity contribution in [2.24, 2.45) is 0 Å². The highest BCUT2D eigenvalue weighted by Crippen LogP contribution is 2.01. The Morgan fingerprint density at radius 3 is 2.62 bits per heavy atom. The fourth-order valence-electron chi connectivity index (χ4n) is 0.908. The molecule has 0 heterocycles. The highest BCUT2D eigenvalue weighted by Gasteiger charge is 2.10. The van der Waals surface area contributed by atoms with E-state index in [1.54, 1.807) is 14.0 Å². The number of methoxy groups -OCH3 is 1. The van der Waals surface area contributed by atoms with Crippen LogP contribution in [0.5, 0.6) is 0 Å². The lowest BCUT2D eigenvalue weighted by Crippen LogP contribution is -2.36. The molecular formula is C10H19NO2. The maximum Gasteiger partial charge on any atom is 0.248 e. The van der Waals surface area contributed by atoms with E-state index in [1.807, 2.05) is 0 Å². The lowest BCUT2D eigenvalue weighted by Gasteiger charge is -2.16. The molecule has 0 aromatic rings. The smallest absolute Gasteiger partial charge is 0.248 e. The van der Waals surface area contributed by atoms with Gasteiger partial charge in [0, 0.05) is 12.7 Å². The number of nitrogens with one attached hydrogen (secondary N) is 1. The minimum Gasteiger partial charge on any atom is -0.362 e. The van der Waals surface area contributed by atoms with Gasteiger partial charge in [-0.1, -0.05) is 19.9 Å². The molecule has 0 aliphatic heterocycles. The number of carbonyl (C=O) groups is 1. The molecule has 0 saturated carbocycles. The van der Waals surface area contributed by atoms with Gasteiger partial charge in [-0.25, -0.2) is 0 Å². The molecule has 13 heavy (non-hydrogen) atoms. The summed E-state index contributed by atoms with van der Waals surface area (Å²) < 4.78 is 5.10. The van der Waals surface area contributed by atoms with Crippen molar-refractivity contribution in [2.45, 2.75) is 39.3 Å². The Labute approximate surface area is 80.2 Å². The first-order valence-electron chi connectivity index (χ1n) is 4.61. The summed E-state index contributed by atoms with van der Waals surface area (Å²) in [6, 6.07) is 0. The van der Waals surface area contributed by atoms with E-state index in [4.69, 9.17) is 4.74 Å². The fraction of sp³-hybridized carbons (Fsp3) is 0.700. The largest absolute Gasteiger partial charge is 0.362 e. The number of unbranched alkanes of at least 4 members (excludes halogenated alkanes) is 1. The highest BCUT2D eigenvalue weighted by atomic mass is 16.5. The van der Waals surface area contributed by atoms with Crippen molar-refractivity contribution in [3.8, 4) is 0 Å². The summed E-state index contributed by atoms with van der Waals surface area (Å²) in [4.78, 5) is 11.2. The number of carbonyl (C=O) groups excluding carboxylic acids is 1. The number of hydrogen-bond acceptors (Lipinski definition) is 2. The SMILES string of the molecule is C=C(C)C(=O)NC(CCCC)OC. The number of rotatable bonds is 6. The lowest BCUT2D eigenvalue weighted by molar-refractivity contribution is -0.121. The van der Waals surface area contributed by atoms with Crippen LogP contribution in [0.2, 0.25) is 0 Å². The van der Waals surface area contributed by atoms with Crippen LogP contribution in [0.4, 0.5) is 0 Å². The third-order valence-electron chi connectivity index (χ3n) is 1.78. The van der Waals surface area contributed by atoms with Crippen molar-refractivity contribution in [1.82, 2.24) is 5.32 Å². The van der Waals surface area contributed by atoms with Crippen molar-refractivity contribution in [1.29, 1.82) is 0 Å². The van der Waals surface area contributed by atoms with Crippen LogP contribution in [0, 0.1) is 0 Å². The third kappa shape index (κ3) is 5.42. The Morgan fingerprint density at radius 2 is 2.23 bits per heavy atom. The molecule has 0 aromatic heterocycles. The van der Waals surface area contributed by atoms with Crippen LogP contribution < -0.4 is 5.32 Å². The second-order valence-electron chi connectivity index (χ2n) is 3.12. The zero-order valence-electron chi connectivity index (χ0n) is 8.72. The molecule has 3 nitrogen and oxygen atoms in total. The summed E-state index contributed by atoms with van der Waals surface area (Å²) in [5.74, 6) is -0.136. The van der Waals surface area contributed by atoms with Crippen LogP contribution in [-0.4, -0.2) is 19.2 Å². The Balaban J connectivity index is 3.83. The zero-order valence-corrected chi connectivity index (χ0v) is 8.72. The molecule has 0 aliphatic carbocycles. The summed E-state index contributed by atoms with van der Waals surface area (Å²) >= 11 is 0. The molecule has 76 valence electrons. The maximum absolute atomic E-state index is 11.2. The molecule has 0 radical (unpaired) electrons. The van der Waals surface area contributed by atoms with Gasteiger partial charge in [-0.15, -0.1) is 0 Å². The van der Waals surface area contributed by atoms with Crippen LogP contribution in [-0.2, 0) is 9.53 Å². The summed E-state index contributed by atoms with van der Waals surface area (Å²) in [7, 11) is 1.60. The average molecular weight is 185 g/mol. The number of ether oxygens (including phenoxy) is 1. The van der Waals surface area contributed by atoms with Crippen LogP contribution in [0.25, 0.3) is 0 Å². The summed E-state index contributed by atoms with van der Waals surface area (Å²) in [6.45, 7) is 7.34. The van der Waals surface area contributed by atoms with Gasteiger partial charge in [0.1, 0.15) is 6.23 Å². The minimum atomic E-state index is -0.177. The molecule has 0 rings (SSSR count). The van der Waals surface area contributed by atoms with E-state index in [-0.39, 0.29) is 12.1 Å². The first-order chi connectivity index (χ1) is 6.11. The van der Waals surface area contributed by atoms with Crippen LogP contribution in [0.1, 0.15) is 33.1 Å². The maximum atomic E-state index is 11.2. The first-order valence-corrected chi connectivity index (χ1v) is 4.61. The number of amides is 1. The van der Waals surface area contributed by atoms with Crippen molar-refractivity contribution in [3.63, 3.8) is 0 Å². The van der Waals surface area contributed by atoms with Crippen LogP contribution in [0.3, 0.4) is 0 Å². The van der Waals surface area contributed by atoms with Crippen molar-refractivity contribution >= 4 is 5.91 Å². The molecule has 0 bridgehead atoms. The van der Waals surface area contributed by atoms with Crippen molar-refractivity contribution in [2.75, 3.05) is 7.11 Å². The fourth-order valence-corrected chi connectivity index (χ4v) is 0.908. The molecule has 0 aromatic carbocycles. The van der Waals surface area contributed by atoms with Gasteiger partial charge in [-0.2, -0.15) is 0 Å². The Hall–Kier alpha value is -0.830. The van der Waals surface area contributed by atoms with Crippen molar-refractivity contribution < 1.29 is 9.53 Å². The van der Waals surface area contributed by atoms with E-state index >= 15 is 0 Å². The Kier molecular flexibility index (Phi) is 6.24.